The zero-order chi connectivity index (χ0) is 12.2. The SMILES string of the molecule is CCCC(C)(C(=O)O)N(C(C)=O)C(C)C. The molecule has 0 saturated heterocycles. The summed E-state index contributed by atoms with van der Waals surface area (Å²) in [5.41, 5.74) is -1.09. The number of nitrogens with zero attached hydrogens (tertiary/aromatic N) is 1. The van der Waals surface area contributed by atoms with E-state index in [-0.39, 0.29) is 11.9 Å². The van der Waals surface area contributed by atoms with E-state index in [1.54, 1.807) is 6.92 Å². The summed E-state index contributed by atoms with van der Waals surface area (Å²) in [6.07, 6.45) is 1.21. The van der Waals surface area contributed by atoms with E-state index in [0.29, 0.717) is 6.42 Å². The lowest BCUT2D eigenvalue weighted by Gasteiger charge is -2.40. The Balaban J connectivity index is 5.18. The molecule has 0 spiro atoms. The summed E-state index contributed by atoms with van der Waals surface area (Å²) in [5.74, 6) is -1.13. The highest BCUT2D eigenvalue weighted by molar-refractivity contribution is 5.85. The molecule has 1 atom stereocenters. The van der Waals surface area contributed by atoms with Gasteiger partial charge in [0, 0.05) is 13.0 Å². The molecule has 0 aliphatic rings. The molecule has 0 aromatic heterocycles. The number of carbonyl (C=O) groups is 2. The smallest absolute Gasteiger partial charge is 0.329 e. The van der Waals surface area contributed by atoms with Gasteiger partial charge in [0.25, 0.3) is 0 Å². The van der Waals surface area contributed by atoms with Crippen molar-refractivity contribution in [3.63, 3.8) is 0 Å². The van der Waals surface area contributed by atoms with Gasteiger partial charge in [-0.05, 0) is 27.2 Å². The Bertz CT molecular complexity index is 250. The first-order valence-electron chi connectivity index (χ1n) is 5.30. The predicted octanol–water partition coefficient (Wildman–Crippen LogP) is 1.89. The number of amides is 1. The highest BCUT2D eigenvalue weighted by Gasteiger charge is 2.41. The van der Waals surface area contributed by atoms with E-state index in [9.17, 15) is 14.7 Å². The summed E-state index contributed by atoms with van der Waals surface area (Å²) in [4.78, 5) is 24.2. The Morgan fingerprint density at radius 2 is 1.87 bits per heavy atom. The molecule has 0 radical (unpaired) electrons. The van der Waals surface area contributed by atoms with E-state index >= 15 is 0 Å². The van der Waals surface area contributed by atoms with Crippen LogP contribution in [0.4, 0.5) is 0 Å². The number of carbonyl (C=O) groups excluding carboxylic acids is 1. The van der Waals surface area contributed by atoms with Crippen LogP contribution >= 0.6 is 0 Å². The third-order valence-electron chi connectivity index (χ3n) is 2.58. The number of hydrogen-bond acceptors (Lipinski definition) is 2. The van der Waals surface area contributed by atoms with Gasteiger partial charge in [0.05, 0.1) is 0 Å². The first-order valence-corrected chi connectivity index (χ1v) is 5.30. The van der Waals surface area contributed by atoms with Crippen molar-refractivity contribution in [2.24, 2.45) is 0 Å². The summed E-state index contributed by atoms with van der Waals surface area (Å²) >= 11 is 0. The zero-order valence-electron chi connectivity index (χ0n) is 10.2. The van der Waals surface area contributed by atoms with Crippen LogP contribution in [0, 0.1) is 0 Å². The number of carboxylic acid groups (broad SMARTS) is 1. The third kappa shape index (κ3) is 2.94. The molecular formula is C11H21NO3. The predicted molar refractivity (Wildman–Crippen MR) is 58.6 cm³/mol. The van der Waals surface area contributed by atoms with Crippen molar-refractivity contribution in [1.82, 2.24) is 4.90 Å². The molecule has 88 valence electrons. The van der Waals surface area contributed by atoms with Crippen molar-refractivity contribution in [2.75, 3.05) is 0 Å². The van der Waals surface area contributed by atoms with Crippen LogP contribution in [0.1, 0.15) is 47.5 Å². The minimum Gasteiger partial charge on any atom is -0.480 e. The Morgan fingerprint density at radius 1 is 1.40 bits per heavy atom. The maximum Gasteiger partial charge on any atom is 0.329 e. The molecule has 0 fully saturated rings. The Morgan fingerprint density at radius 3 is 2.07 bits per heavy atom. The van der Waals surface area contributed by atoms with Crippen molar-refractivity contribution in [3.05, 3.63) is 0 Å². The number of aliphatic carboxylic acids is 1. The normalized spacial score (nSPS) is 14.8. The van der Waals surface area contributed by atoms with E-state index in [1.807, 2.05) is 20.8 Å². The van der Waals surface area contributed by atoms with Crippen LogP contribution in [0.15, 0.2) is 0 Å². The van der Waals surface area contributed by atoms with Gasteiger partial charge >= 0.3 is 5.97 Å². The second-order valence-electron chi connectivity index (χ2n) is 4.31. The van der Waals surface area contributed by atoms with E-state index in [0.717, 1.165) is 6.42 Å². The quantitative estimate of drug-likeness (QED) is 0.761. The van der Waals surface area contributed by atoms with Crippen molar-refractivity contribution in [2.45, 2.75) is 59.0 Å². The van der Waals surface area contributed by atoms with Crippen molar-refractivity contribution >= 4 is 11.9 Å². The van der Waals surface area contributed by atoms with Crippen LogP contribution in [-0.4, -0.2) is 33.5 Å². The van der Waals surface area contributed by atoms with Crippen LogP contribution in [0.25, 0.3) is 0 Å². The summed E-state index contributed by atoms with van der Waals surface area (Å²) in [6, 6.07) is -0.102. The first kappa shape index (κ1) is 13.9. The van der Waals surface area contributed by atoms with Crippen molar-refractivity contribution in [1.29, 1.82) is 0 Å². The fourth-order valence-corrected chi connectivity index (χ4v) is 2.10. The fourth-order valence-electron chi connectivity index (χ4n) is 2.10. The molecule has 0 aliphatic carbocycles. The van der Waals surface area contributed by atoms with Crippen LogP contribution in [0.5, 0.6) is 0 Å². The molecule has 1 unspecified atom stereocenters. The molecule has 0 aromatic rings. The highest BCUT2D eigenvalue weighted by Crippen LogP contribution is 2.24. The first-order chi connectivity index (χ1) is 6.77. The van der Waals surface area contributed by atoms with E-state index in [2.05, 4.69) is 0 Å². The topological polar surface area (TPSA) is 57.6 Å². The monoisotopic (exact) mass is 215 g/mol. The van der Waals surface area contributed by atoms with Crippen LogP contribution in [-0.2, 0) is 9.59 Å². The maximum absolute atomic E-state index is 11.5. The number of carboxylic acids is 1. The summed E-state index contributed by atoms with van der Waals surface area (Å²) in [5, 5.41) is 9.24. The average Bonchev–Trinajstić information content (AvgIpc) is 2.02. The molecule has 4 heteroatoms. The minimum atomic E-state index is -1.09. The van der Waals surface area contributed by atoms with Crippen LogP contribution < -0.4 is 0 Å². The molecule has 0 aromatic carbocycles. The van der Waals surface area contributed by atoms with Gasteiger partial charge in [-0.15, -0.1) is 0 Å². The van der Waals surface area contributed by atoms with Gasteiger partial charge in [0.2, 0.25) is 5.91 Å². The molecule has 0 heterocycles. The molecule has 1 amide bonds. The second kappa shape index (κ2) is 5.14. The minimum absolute atomic E-state index is 0.102. The van der Waals surface area contributed by atoms with Gasteiger partial charge in [-0.2, -0.15) is 0 Å². The Hall–Kier alpha value is -1.06. The number of hydrogen-bond donors (Lipinski definition) is 1. The Kier molecular flexibility index (Phi) is 4.78. The highest BCUT2D eigenvalue weighted by atomic mass is 16.4. The summed E-state index contributed by atoms with van der Waals surface area (Å²) in [6.45, 7) is 8.60. The molecule has 15 heavy (non-hydrogen) atoms. The zero-order valence-corrected chi connectivity index (χ0v) is 10.2. The summed E-state index contributed by atoms with van der Waals surface area (Å²) in [7, 11) is 0. The molecule has 0 rings (SSSR count). The standard InChI is InChI=1S/C11H21NO3/c1-6-7-11(5,10(14)15)12(8(2)3)9(4)13/h8H,6-7H2,1-5H3,(H,14,15). The molecule has 0 saturated carbocycles. The fraction of sp³-hybridized carbons (Fsp3) is 0.818. The largest absolute Gasteiger partial charge is 0.480 e. The Labute approximate surface area is 91.3 Å². The molecule has 0 aliphatic heterocycles. The van der Waals surface area contributed by atoms with Crippen molar-refractivity contribution in [3.8, 4) is 0 Å². The maximum atomic E-state index is 11.5. The van der Waals surface area contributed by atoms with Gasteiger partial charge in [-0.3, -0.25) is 4.79 Å². The third-order valence-corrected chi connectivity index (χ3v) is 2.58. The molecule has 1 N–H and O–H groups in total. The lowest BCUT2D eigenvalue weighted by atomic mass is 9.92. The molecule has 0 bridgehead atoms. The van der Waals surface area contributed by atoms with Gasteiger partial charge in [0.15, 0.2) is 0 Å². The molecular weight excluding hydrogens is 194 g/mol. The van der Waals surface area contributed by atoms with E-state index < -0.39 is 11.5 Å². The average molecular weight is 215 g/mol. The van der Waals surface area contributed by atoms with E-state index in [1.165, 1.54) is 11.8 Å². The van der Waals surface area contributed by atoms with Gasteiger partial charge in [0.1, 0.15) is 5.54 Å². The van der Waals surface area contributed by atoms with E-state index in [4.69, 9.17) is 0 Å². The van der Waals surface area contributed by atoms with Gasteiger partial charge in [-0.1, -0.05) is 13.3 Å². The number of rotatable bonds is 5. The van der Waals surface area contributed by atoms with Crippen LogP contribution in [0.3, 0.4) is 0 Å². The van der Waals surface area contributed by atoms with Gasteiger partial charge in [-0.25, -0.2) is 4.79 Å². The lowest BCUT2D eigenvalue weighted by Crippen LogP contribution is -2.57. The van der Waals surface area contributed by atoms with Gasteiger partial charge < -0.3 is 10.0 Å². The van der Waals surface area contributed by atoms with Crippen LogP contribution in [0.2, 0.25) is 0 Å². The van der Waals surface area contributed by atoms with Crippen molar-refractivity contribution < 1.29 is 14.7 Å². The lowest BCUT2D eigenvalue weighted by molar-refractivity contribution is -0.160. The molecule has 4 nitrogen and oxygen atoms in total. The second-order valence-corrected chi connectivity index (χ2v) is 4.31. The summed E-state index contributed by atoms with van der Waals surface area (Å²) < 4.78 is 0.